The highest BCUT2D eigenvalue weighted by Gasteiger charge is 2.30. The SMILES string of the molecule is O=c1ncc(-c2cccc(C(F)(F)F)c2)c(Cl)[nH]1. The summed E-state index contributed by atoms with van der Waals surface area (Å²) in [5.41, 5.74) is -0.973. The summed E-state index contributed by atoms with van der Waals surface area (Å²) in [7, 11) is 0. The van der Waals surface area contributed by atoms with Crippen molar-refractivity contribution < 1.29 is 13.2 Å². The Bertz CT molecular complexity index is 637. The first-order valence-corrected chi connectivity index (χ1v) is 5.18. The van der Waals surface area contributed by atoms with E-state index in [4.69, 9.17) is 11.6 Å². The predicted octanol–water partition coefficient (Wildman–Crippen LogP) is 3.11. The Labute approximate surface area is 104 Å². The lowest BCUT2D eigenvalue weighted by Gasteiger charge is -2.09. The molecule has 0 radical (unpaired) electrons. The fraction of sp³-hybridized carbons (Fsp3) is 0.0909. The molecule has 0 aliphatic heterocycles. The first kappa shape index (κ1) is 12.6. The summed E-state index contributed by atoms with van der Waals surface area (Å²) in [5, 5.41) is -0.0469. The van der Waals surface area contributed by atoms with Gasteiger partial charge in [-0.25, -0.2) is 9.78 Å². The van der Waals surface area contributed by atoms with Crippen molar-refractivity contribution in [3.63, 3.8) is 0 Å². The van der Waals surface area contributed by atoms with E-state index in [1.54, 1.807) is 0 Å². The van der Waals surface area contributed by atoms with Crippen molar-refractivity contribution >= 4 is 11.6 Å². The van der Waals surface area contributed by atoms with Crippen LogP contribution in [0.3, 0.4) is 0 Å². The molecule has 0 amide bonds. The van der Waals surface area contributed by atoms with Crippen molar-refractivity contribution in [2.24, 2.45) is 0 Å². The molecule has 0 saturated carbocycles. The van der Waals surface area contributed by atoms with E-state index in [0.717, 1.165) is 18.3 Å². The quantitative estimate of drug-likeness (QED) is 0.812. The number of hydrogen-bond donors (Lipinski definition) is 1. The molecule has 1 N–H and O–H groups in total. The molecular formula is C11H6ClF3N2O. The molecule has 2 aromatic rings. The van der Waals surface area contributed by atoms with Crippen LogP contribution in [0.2, 0.25) is 5.15 Å². The molecule has 0 aliphatic rings. The van der Waals surface area contributed by atoms with Crippen LogP contribution in [-0.2, 0) is 6.18 Å². The van der Waals surface area contributed by atoms with Crippen LogP contribution in [-0.4, -0.2) is 9.97 Å². The van der Waals surface area contributed by atoms with E-state index in [2.05, 4.69) is 9.97 Å². The Morgan fingerprint density at radius 2 is 2.00 bits per heavy atom. The number of nitrogens with one attached hydrogen (secondary N) is 1. The number of hydrogen-bond acceptors (Lipinski definition) is 2. The Kier molecular flexibility index (Phi) is 3.13. The van der Waals surface area contributed by atoms with E-state index in [1.165, 1.54) is 12.1 Å². The van der Waals surface area contributed by atoms with Gasteiger partial charge in [-0.3, -0.25) is 4.98 Å². The average molecular weight is 275 g/mol. The molecule has 2 rings (SSSR count). The number of benzene rings is 1. The van der Waals surface area contributed by atoms with Crippen molar-refractivity contribution in [2.45, 2.75) is 6.18 Å². The smallest absolute Gasteiger partial charge is 0.296 e. The van der Waals surface area contributed by atoms with Gasteiger partial charge in [0.15, 0.2) is 0 Å². The largest absolute Gasteiger partial charge is 0.416 e. The van der Waals surface area contributed by atoms with Gasteiger partial charge in [0.2, 0.25) is 0 Å². The van der Waals surface area contributed by atoms with Gasteiger partial charge >= 0.3 is 11.9 Å². The third-order valence-electron chi connectivity index (χ3n) is 2.26. The Balaban J connectivity index is 2.55. The lowest BCUT2D eigenvalue weighted by atomic mass is 10.1. The molecule has 1 aromatic carbocycles. The van der Waals surface area contributed by atoms with Crippen LogP contribution in [0.5, 0.6) is 0 Å². The second kappa shape index (κ2) is 4.45. The van der Waals surface area contributed by atoms with Crippen molar-refractivity contribution in [2.75, 3.05) is 0 Å². The van der Waals surface area contributed by atoms with Crippen LogP contribution in [0.4, 0.5) is 13.2 Å². The molecule has 0 atom stereocenters. The molecule has 3 nitrogen and oxygen atoms in total. The molecule has 7 heteroatoms. The number of halogens is 4. The molecule has 0 unspecified atom stereocenters. The summed E-state index contributed by atoms with van der Waals surface area (Å²) in [6.45, 7) is 0. The van der Waals surface area contributed by atoms with E-state index in [-0.39, 0.29) is 16.3 Å². The zero-order valence-corrected chi connectivity index (χ0v) is 9.51. The Hall–Kier alpha value is -1.82. The lowest BCUT2D eigenvalue weighted by molar-refractivity contribution is -0.137. The van der Waals surface area contributed by atoms with Gasteiger partial charge in [-0.2, -0.15) is 13.2 Å². The first-order valence-electron chi connectivity index (χ1n) is 4.80. The van der Waals surface area contributed by atoms with E-state index in [0.29, 0.717) is 0 Å². The van der Waals surface area contributed by atoms with E-state index in [1.807, 2.05) is 0 Å². The molecule has 0 spiro atoms. The number of rotatable bonds is 1. The summed E-state index contributed by atoms with van der Waals surface area (Å²) >= 11 is 5.75. The second-order valence-corrected chi connectivity index (χ2v) is 3.87. The monoisotopic (exact) mass is 274 g/mol. The normalized spacial score (nSPS) is 11.6. The molecule has 94 valence electrons. The zero-order chi connectivity index (χ0) is 13.3. The molecule has 18 heavy (non-hydrogen) atoms. The van der Waals surface area contributed by atoms with E-state index >= 15 is 0 Å². The number of alkyl halides is 3. The van der Waals surface area contributed by atoms with Gasteiger partial charge in [0.05, 0.1) is 5.56 Å². The van der Waals surface area contributed by atoms with E-state index < -0.39 is 17.4 Å². The van der Waals surface area contributed by atoms with Gasteiger partial charge in [0.1, 0.15) is 5.15 Å². The third kappa shape index (κ3) is 2.53. The number of nitrogens with zero attached hydrogens (tertiary/aromatic N) is 1. The minimum atomic E-state index is -4.43. The molecule has 1 heterocycles. The predicted molar refractivity (Wildman–Crippen MR) is 60.3 cm³/mol. The van der Waals surface area contributed by atoms with Gasteiger partial charge in [0, 0.05) is 11.8 Å². The molecule has 0 fully saturated rings. The molecule has 1 aromatic heterocycles. The molecular weight excluding hydrogens is 269 g/mol. The lowest BCUT2D eigenvalue weighted by Crippen LogP contribution is -2.10. The Morgan fingerprint density at radius 3 is 2.61 bits per heavy atom. The van der Waals surface area contributed by atoms with Gasteiger partial charge in [-0.05, 0) is 17.7 Å². The standard InChI is InChI=1S/C11H6ClF3N2O/c12-9-8(5-16-10(18)17-9)6-2-1-3-7(4-6)11(13,14)15/h1-5H,(H,16,17,18). The summed E-state index contributed by atoms with van der Waals surface area (Å²) < 4.78 is 37.6. The Morgan fingerprint density at radius 1 is 1.28 bits per heavy atom. The average Bonchev–Trinajstić information content (AvgIpc) is 2.28. The van der Waals surface area contributed by atoms with Crippen LogP contribution < -0.4 is 5.69 Å². The molecule has 0 aliphatic carbocycles. The zero-order valence-electron chi connectivity index (χ0n) is 8.75. The van der Waals surface area contributed by atoms with Crippen molar-refractivity contribution in [3.05, 3.63) is 51.7 Å². The van der Waals surface area contributed by atoms with Crippen molar-refractivity contribution in [1.29, 1.82) is 0 Å². The van der Waals surface area contributed by atoms with Crippen LogP contribution in [0.25, 0.3) is 11.1 Å². The summed E-state index contributed by atoms with van der Waals surface area (Å²) in [4.78, 5) is 16.5. The second-order valence-electron chi connectivity index (χ2n) is 3.49. The highest BCUT2D eigenvalue weighted by Crippen LogP contribution is 2.33. The fourth-order valence-electron chi connectivity index (χ4n) is 1.44. The fourth-order valence-corrected chi connectivity index (χ4v) is 1.68. The highest BCUT2D eigenvalue weighted by atomic mass is 35.5. The van der Waals surface area contributed by atoms with Crippen LogP contribution in [0.15, 0.2) is 35.3 Å². The van der Waals surface area contributed by atoms with Gasteiger partial charge < -0.3 is 0 Å². The van der Waals surface area contributed by atoms with Crippen LogP contribution in [0, 0.1) is 0 Å². The molecule has 0 saturated heterocycles. The van der Waals surface area contributed by atoms with Gasteiger partial charge in [-0.1, -0.05) is 23.7 Å². The van der Waals surface area contributed by atoms with Crippen LogP contribution >= 0.6 is 11.6 Å². The first-order chi connectivity index (χ1) is 8.38. The highest BCUT2D eigenvalue weighted by molar-refractivity contribution is 6.32. The summed E-state index contributed by atoms with van der Waals surface area (Å²) in [6, 6.07) is 4.62. The van der Waals surface area contributed by atoms with Crippen molar-refractivity contribution in [1.82, 2.24) is 9.97 Å². The molecule has 0 bridgehead atoms. The van der Waals surface area contributed by atoms with Crippen molar-refractivity contribution in [3.8, 4) is 11.1 Å². The van der Waals surface area contributed by atoms with Gasteiger partial charge in [0.25, 0.3) is 0 Å². The number of H-pyrrole nitrogens is 1. The van der Waals surface area contributed by atoms with Gasteiger partial charge in [-0.15, -0.1) is 0 Å². The number of aromatic amines is 1. The number of aromatic nitrogens is 2. The maximum Gasteiger partial charge on any atom is 0.416 e. The van der Waals surface area contributed by atoms with Crippen LogP contribution in [0.1, 0.15) is 5.56 Å². The third-order valence-corrected chi connectivity index (χ3v) is 2.56. The minimum Gasteiger partial charge on any atom is -0.296 e. The summed E-state index contributed by atoms with van der Waals surface area (Å²) in [6.07, 6.45) is -3.30. The minimum absolute atomic E-state index is 0.0469. The maximum atomic E-state index is 12.5. The topological polar surface area (TPSA) is 45.8 Å². The summed E-state index contributed by atoms with van der Waals surface area (Å²) in [5.74, 6) is 0. The maximum absolute atomic E-state index is 12.5. The van der Waals surface area contributed by atoms with E-state index in [9.17, 15) is 18.0 Å².